The molecular weight excluding hydrogens is 192 g/mol. The van der Waals surface area contributed by atoms with E-state index in [2.05, 4.69) is 12.2 Å². The highest BCUT2D eigenvalue weighted by molar-refractivity contribution is 5.59. The molecule has 0 spiro atoms. The Hall–Kier alpha value is -1.58. The molecule has 5 rings (SSSR count). The Morgan fingerprint density at radius 1 is 1.07 bits per heavy atom. The van der Waals surface area contributed by atoms with Crippen LogP contribution >= 0.6 is 0 Å². The smallest absolute Gasteiger partial charge is 0.217 e. The molecule has 0 aromatic carbocycles. The van der Waals surface area contributed by atoms with Gasteiger partial charge in [0.25, 0.3) is 0 Å². The van der Waals surface area contributed by atoms with Crippen molar-refractivity contribution < 1.29 is 10.2 Å². The summed E-state index contributed by atoms with van der Waals surface area (Å²) in [4.78, 5) is 0. The molecule has 1 saturated carbocycles. The predicted molar refractivity (Wildman–Crippen MR) is 54.1 cm³/mol. The van der Waals surface area contributed by atoms with Crippen LogP contribution in [0.25, 0.3) is 0 Å². The van der Waals surface area contributed by atoms with Crippen molar-refractivity contribution in [3.63, 3.8) is 0 Å². The molecule has 15 heavy (non-hydrogen) atoms. The van der Waals surface area contributed by atoms with Crippen LogP contribution in [0.1, 0.15) is 29.4 Å². The first kappa shape index (κ1) is 7.68. The van der Waals surface area contributed by atoms with Crippen LogP contribution in [-0.4, -0.2) is 14.9 Å². The predicted octanol–water partition coefficient (Wildman–Crippen LogP) is 1.000. The quantitative estimate of drug-likeness (QED) is 0.436. The third kappa shape index (κ3) is 0.654. The maximum Gasteiger partial charge on any atom is 0.217 e. The molecule has 2 bridgehead atoms. The summed E-state index contributed by atoms with van der Waals surface area (Å²) in [6.07, 6.45) is 5.51. The lowest BCUT2D eigenvalue weighted by atomic mass is 9.73. The zero-order valence-corrected chi connectivity index (χ0v) is 8.09. The van der Waals surface area contributed by atoms with Crippen molar-refractivity contribution in [3.8, 4) is 11.8 Å². The fourth-order valence-electron chi connectivity index (χ4n) is 3.47. The number of aromatic nitrogens is 1. The van der Waals surface area contributed by atoms with Crippen LogP contribution < -0.4 is 5.84 Å². The first-order chi connectivity index (χ1) is 7.20. The summed E-state index contributed by atoms with van der Waals surface area (Å²) in [5.74, 6) is 7.52. The molecule has 78 valence electrons. The van der Waals surface area contributed by atoms with E-state index in [4.69, 9.17) is 5.84 Å². The van der Waals surface area contributed by atoms with Gasteiger partial charge < -0.3 is 16.1 Å². The number of nitrogens with two attached hydrogens (primary N) is 1. The fraction of sp³-hybridized carbons (Fsp3) is 0.455. The second kappa shape index (κ2) is 2.01. The molecule has 0 radical (unpaired) electrons. The minimum absolute atomic E-state index is 0.0344. The van der Waals surface area contributed by atoms with E-state index in [9.17, 15) is 10.2 Å². The number of hydrogen-bond acceptors (Lipinski definition) is 3. The Labute approximate surface area is 86.6 Å². The Kier molecular flexibility index (Phi) is 1.03. The zero-order valence-electron chi connectivity index (χ0n) is 8.09. The molecule has 4 aliphatic carbocycles. The van der Waals surface area contributed by atoms with Gasteiger partial charge in [-0.3, -0.25) is 0 Å². The van der Waals surface area contributed by atoms with E-state index in [0.29, 0.717) is 11.8 Å². The number of rotatable bonds is 0. The molecule has 0 aliphatic heterocycles. The minimum Gasteiger partial charge on any atom is -0.493 e. The Balaban J connectivity index is 2.06. The van der Waals surface area contributed by atoms with Crippen molar-refractivity contribution in [2.75, 3.05) is 5.84 Å². The Morgan fingerprint density at radius 3 is 2.00 bits per heavy atom. The maximum absolute atomic E-state index is 9.87. The molecule has 2 unspecified atom stereocenters. The van der Waals surface area contributed by atoms with Crippen molar-refractivity contribution in [2.24, 2.45) is 11.8 Å². The highest BCUT2D eigenvalue weighted by atomic mass is 16.3. The third-order valence-electron chi connectivity index (χ3n) is 4.23. The number of nitrogens with zero attached hydrogens (tertiary/aromatic N) is 1. The van der Waals surface area contributed by atoms with Gasteiger partial charge in [0.1, 0.15) is 0 Å². The summed E-state index contributed by atoms with van der Waals surface area (Å²) in [5.41, 5.74) is 1.72. The van der Waals surface area contributed by atoms with Gasteiger partial charge in [0, 0.05) is 23.0 Å². The van der Waals surface area contributed by atoms with Crippen molar-refractivity contribution in [3.05, 3.63) is 23.3 Å². The van der Waals surface area contributed by atoms with Crippen LogP contribution in [0, 0.1) is 11.8 Å². The lowest BCUT2D eigenvalue weighted by Gasteiger charge is -2.29. The van der Waals surface area contributed by atoms with Gasteiger partial charge in [-0.2, -0.15) is 4.68 Å². The largest absolute Gasteiger partial charge is 0.493 e. The van der Waals surface area contributed by atoms with Crippen LogP contribution in [0.3, 0.4) is 0 Å². The fourth-order valence-corrected chi connectivity index (χ4v) is 3.47. The summed E-state index contributed by atoms with van der Waals surface area (Å²) >= 11 is 0. The van der Waals surface area contributed by atoms with E-state index >= 15 is 0 Å². The monoisotopic (exact) mass is 204 g/mol. The lowest BCUT2D eigenvalue weighted by molar-refractivity contribution is 0.391. The van der Waals surface area contributed by atoms with Gasteiger partial charge in [-0.1, -0.05) is 12.2 Å². The van der Waals surface area contributed by atoms with Gasteiger partial charge in [0.15, 0.2) is 0 Å². The molecule has 0 saturated heterocycles. The molecule has 4 heteroatoms. The van der Waals surface area contributed by atoms with E-state index in [1.807, 2.05) is 0 Å². The van der Waals surface area contributed by atoms with Crippen molar-refractivity contribution >= 4 is 0 Å². The molecule has 1 aromatic heterocycles. The summed E-state index contributed by atoms with van der Waals surface area (Å²) in [6, 6.07) is 0. The van der Waals surface area contributed by atoms with E-state index in [0.717, 1.165) is 15.8 Å². The highest BCUT2D eigenvalue weighted by Crippen LogP contribution is 2.67. The first-order valence-electron chi connectivity index (χ1n) is 5.30. The molecule has 0 amide bonds. The van der Waals surface area contributed by atoms with Gasteiger partial charge in [-0.05, 0) is 18.3 Å². The summed E-state index contributed by atoms with van der Waals surface area (Å²) in [6.45, 7) is 0. The Bertz CT molecular complexity index is 462. The molecular formula is C11H12N2O2. The summed E-state index contributed by atoms with van der Waals surface area (Å²) < 4.78 is 1.00. The van der Waals surface area contributed by atoms with E-state index in [1.165, 1.54) is 6.42 Å². The van der Waals surface area contributed by atoms with Gasteiger partial charge in [-0.15, -0.1) is 0 Å². The van der Waals surface area contributed by atoms with Crippen LogP contribution in [0.4, 0.5) is 0 Å². The number of allylic oxidation sites excluding steroid dienone is 2. The van der Waals surface area contributed by atoms with Crippen LogP contribution in [0.15, 0.2) is 12.2 Å². The van der Waals surface area contributed by atoms with Crippen molar-refractivity contribution in [1.82, 2.24) is 4.68 Å². The van der Waals surface area contributed by atoms with Crippen LogP contribution in [0.2, 0.25) is 0 Å². The molecule has 4 N–H and O–H groups in total. The van der Waals surface area contributed by atoms with Gasteiger partial charge in [0.05, 0.1) is 0 Å². The highest BCUT2D eigenvalue weighted by Gasteiger charge is 2.56. The number of aromatic hydroxyl groups is 2. The average Bonchev–Trinajstić information content (AvgIpc) is 3.02. The van der Waals surface area contributed by atoms with Crippen LogP contribution in [-0.2, 0) is 0 Å². The van der Waals surface area contributed by atoms with Crippen molar-refractivity contribution in [2.45, 2.75) is 18.3 Å². The second-order valence-electron chi connectivity index (χ2n) is 4.84. The van der Waals surface area contributed by atoms with Crippen LogP contribution in [0.5, 0.6) is 11.8 Å². The third-order valence-corrected chi connectivity index (χ3v) is 4.23. The first-order valence-corrected chi connectivity index (χ1v) is 5.30. The van der Waals surface area contributed by atoms with Gasteiger partial charge in [0.2, 0.25) is 11.8 Å². The second-order valence-corrected chi connectivity index (χ2v) is 4.84. The minimum atomic E-state index is 0.0344. The van der Waals surface area contributed by atoms with Crippen molar-refractivity contribution in [1.29, 1.82) is 0 Å². The number of nitrogen functional groups attached to an aromatic ring is 1. The molecule has 4 atom stereocenters. The maximum atomic E-state index is 9.87. The van der Waals surface area contributed by atoms with Gasteiger partial charge in [-0.25, -0.2) is 0 Å². The van der Waals surface area contributed by atoms with Gasteiger partial charge >= 0.3 is 0 Å². The average molecular weight is 204 g/mol. The molecule has 1 heterocycles. The summed E-state index contributed by atoms with van der Waals surface area (Å²) in [7, 11) is 0. The topological polar surface area (TPSA) is 71.4 Å². The Morgan fingerprint density at radius 2 is 1.53 bits per heavy atom. The van der Waals surface area contributed by atoms with E-state index in [1.54, 1.807) is 0 Å². The summed E-state index contributed by atoms with van der Waals surface area (Å²) in [5, 5.41) is 19.7. The normalized spacial score (nSPS) is 38.9. The standard InChI is InChI=1S/C11H12N2O2/c12-13-10(14)8-4-1-2-5(7-3-6(4)7)9(8)11(13)15/h1-2,4-7,14-15H,3,12H2/t4?,5?,6-,7+. The lowest BCUT2D eigenvalue weighted by Crippen LogP contribution is -2.18. The molecule has 1 fully saturated rings. The van der Waals surface area contributed by atoms with E-state index in [-0.39, 0.29) is 23.6 Å². The molecule has 4 aliphatic rings. The number of hydrogen-bond donors (Lipinski definition) is 3. The SMILES string of the molecule is Nn1c(O)c2c(c1O)C1C=CC2[C@H]2C[C@@H]12. The molecule has 4 nitrogen and oxygen atoms in total. The van der Waals surface area contributed by atoms with E-state index < -0.39 is 0 Å². The zero-order chi connectivity index (χ0) is 10.3. The molecule has 1 aromatic rings.